The van der Waals surface area contributed by atoms with Crippen molar-refractivity contribution in [2.75, 3.05) is 13.2 Å². The van der Waals surface area contributed by atoms with Crippen LogP contribution in [0.2, 0.25) is 0 Å². The van der Waals surface area contributed by atoms with Crippen LogP contribution >= 0.6 is 0 Å². The van der Waals surface area contributed by atoms with Gasteiger partial charge in [0.05, 0.1) is 19.1 Å². The summed E-state index contributed by atoms with van der Waals surface area (Å²) in [4.78, 5) is 23.9. The van der Waals surface area contributed by atoms with Crippen molar-refractivity contribution in [3.8, 4) is 0 Å². The van der Waals surface area contributed by atoms with Crippen LogP contribution in [0.1, 0.15) is 138 Å². The first kappa shape index (κ1) is 31.9. The summed E-state index contributed by atoms with van der Waals surface area (Å²) in [6.07, 6.45) is 16.7. The summed E-state index contributed by atoms with van der Waals surface area (Å²) in [5, 5.41) is 0. The van der Waals surface area contributed by atoms with Gasteiger partial charge in [-0.2, -0.15) is 0 Å². The molecule has 0 N–H and O–H groups in total. The van der Waals surface area contributed by atoms with E-state index in [0.717, 1.165) is 44.9 Å². The van der Waals surface area contributed by atoms with Gasteiger partial charge in [0.2, 0.25) is 0 Å². The van der Waals surface area contributed by atoms with Gasteiger partial charge in [-0.3, -0.25) is 9.59 Å². The molecule has 0 rings (SSSR count). The minimum Gasteiger partial charge on any atom is -0.466 e. The molecule has 2 atom stereocenters. The summed E-state index contributed by atoms with van der Waals surface area (Å²) in [6, 6.07) is 0. The SMILES string of the molecule is CC(C)CCCOC(=O)CCCCCCCCCCCC(C)C(C)C(=O)OCCCC(C)C. The van der Waals surface area contributed by atoms with E-state index in [1.54, 1.807) is 0 Å². The van der Waals surface area contributed by atoms with Crippen LogP contribution in [0, 0.1) is 23.7 Å². The zero-order valence-corrected chi connectivity index (χ0v) is 23.0. The smallest absolute Gasteiger partial charge is 0.308 e. The van der Waals surface area contributed by atoms with Gasteiger partial charge in [-0.25, -0.2) is 0 Å². The molecule has 0 radical (unpaired) electrons. The van der Waals surface area contributed by atoms with E-state index >= 15 is 0 Å². The number of hydrogen-bond donors (Lipinski definition) is 0. The van der Waals surface area contributed by atoms with Crippen LogP contribution in [0.3, 0.4) is 0 Å². The first-order valence-corrected chi connectivity index (χ1v) is 14.1. The lowest BCUT2D eigenvalue weighted by atomic mass is 9.90. The fraction of sp³-hybridized carbons (Fsp3) is 0.931. The third-order valence-electron chi connectivity index (χ3n) is 6.62. The number of carbonyl (C=O) groups is 2. The van der Waals surface area contributed by atoms with Crippen molar-refractivity contribution >= 4 is 11.9 Å². The Bertz CT molecular complexity index is 472. The molecule has 33 heavy (non-hydrogen) atoms. The summed E-state index contributed by atoms with van der Waals surface area (Å²) in [5.74, 6) is 1.69. The number of rotatable bonds is 22. The highest BCUT2D eigenvalue weighted by Crippen LogP contribution is 2.21. The molecule has 0 aromatic carbocycles. The van der Waals surface area contributed by atoms with Crippen LogP contribution in [0.4, 0.5) is 0 Å². The Kier molecular flexibility index (Phi) is 20.8. The van der Waals surface area contributed by atoms with Crippen LogP contribution in [0.5, 0.6) is 0 Å². The first-order valence-electron chi connectivity index (χ1n) is 14.1. The van der Waals surface area contributed by atoms with Gasteiger partial charge in [-0.1, -0.05) is 92.9 Å². The Morgan fingerprint density at radius 1 is 0.545 bits per heavy atom. The van der Waals surface area contributed by atoms with Crippen LogP contribution in [-0.2, 0) is 19.1 Å². The van der Waals surface area contributed by atoms with E-state index in [2.05, 4.69) is 34.6 Å². The Labute approximate surface area is 206 Å². The zero-order chi connectivity index (χ0) is 24.9. The van der Waals surface area contributed by atoms with Crippen molar-refractivity contribution < 1.29 is 19.1 Å². The number of hydrogen-bond acceptors (Lipinski definition) is 4. The Morgan fingerprint density at radius 3 is 1.52 bits per heavy atom. The van der Waals surface area contributed by atoms with Crippen LogP contribution < -0.4 is 0 Å². The van der Waals surface area contributed by atoms with E-state index in [1.807, 2.05) is 6.92 Å². The molecular formula is C29H56O4. The summed E-state index contributed by atoms with van der Waals surface area (Å²) in [7, 11) is 0. The molecule has 0 amide bonds. The quantitative estimate of drug-likeness (QED) is 0.118. The third-order valence-corrected chi connectivity index (χ3v) is 6.62. The van der Waals surface area contributed by atoms with Gasteiger partial charge in [0.1, 0.15) is 0 Å². The predicted octanol–water partition coefficient (Wildman–Crippen LogP) is 8.51. The van der Waals surface area contributed by atoms with Gasteiger partial charge < -0.3 is 9.47 Å². The van der Waals surface area contributed by atoms with Gasteiger partial charge in [-0.05, 0) is 56.3 Å². The van der Waals surface area contributed by atoms with E-state index in [1.165, 1.54) is 44.9 Å². The average Bonchev–Trinajstić information content (AvgIpc) is 2.76. The minimum atomic E-state index is -0.0262. The van der Waals surface area contributed by atoms with Crippen LogP contribution in [-0.4, -0.2) is 25.2 Å². The van der Waals surface area contributed by atoms with E-state index in [-0.39, 0.29) is 17.9 Å². The molecule has 0 saturated carbocycles. The molecule has 2 unspecified atom stereocenters. The maximum atomic E-state index is 12.2. The summed E-state index contributed by atoms with van der Waals surface area (Å²) in [5.41, 5.74) is 0. The molecule has 0 aliphatic heterocycles. The molecule has 0 fully saturated rings. The fourth-order valence-electron chi connectivity index (χ4n) is 4.00. The van der Waals surface area contributed by atoms with Crippen molar-refractivity contribution in [3.05, 3.63) is 0 Å². The average molecular weight is 469 g/mol. The molecule has 0 aromatic rings. The number of carbonyl (C=O) groups excluding carboxylic acids is 2. The molecule has 0 aliphatic rings. The largest absolute Gasteiger partial charge is 0.466 e. The molecule has 4 nitrogen and oxygen atoms in total. The minimum absolute atomic E-state index is 0.00127. The monoisotopic (exact) mass is 468 g/mol. The third kappa shape index (κ3) is 21.2. The predicted molar refractivity (Wildman–Crippen MR) is 139 cm³/mol. The molecule has 0 saturated heterocycles. The first-order chi connectivity index (χ1) is 15.7. The van der Waals surface area contributed by atoms with Crippen LogP contribution in [0.15, 0.2) is 0 Å². The van der Waals surface area contributed by atoms with Crippen molar-refractivity contribution in [1.29, 1.82) is 0 Å². The van der Waals surface area contributed by atoms with Crippen molar-refractivity contribution in [2.45, 2.75) is 138 Å². The second-order valence-electron chi connectivity index (χ2n) is 10.9. The lowest BCUT2D eigenvalue weighted by Crippen LogP contribution is -2.22. The maximum Gasteiger partial charge on any atom is 0.308 e. The van der Waals surface area contributed by atoms with Crippen molar-refractivity contribution in [2.24, 2.45) is 23.7 Å². The molecular weight excluding hydrogens is 412 g/mol. The van der Waals surface area contributed by atoms with Gasteiger partial charge in [-0.15, -0.1) is 0 Å². The van der Waals surface area contributed by atoms with E-state index in [0.29, 0.717) is 37.4 Å². The highest BCUT2D eigenvalue weighted by atomic mass is 16.5. The van der Waals surface area contributed by atoms with E-state index in [9.17, 15) is 9.59 Å². The Balaban J connectivity index is 3.49. The lowest BCUT2D eigenvalue weighted by Gasteiger charge is -2.18. The summed E-state index contributed by atoms with van der Waals surface area (Å²) < 4.78 is 10.7. The molecule has 196 valence electrons. The molecule has 4 heteroatoms. The molecule has 0 aromatic heterocycles. The number of ether oxygens (including phenoxy) is 2. The number of esters is 2. The van der Waals surface area contributed by atoms with Gasteiger partial charge in [0.15, 0.2) is 0 Å². The second kappa shape index (κ2) is 21.5. The van der Waals surface area contributed by atoms with Crippen LogP contribution in [0.25, 0.3) is 0 Å². The van der Waals surface area contributed by atoms with E-state index < -0.39 is 0 Å². The highest BCUT2D eigenvalue weighted by molar-refractivity contribution is 5.72. The molecule has 0 spiro atoms. The normalized spacial score (nSPS) is 13.3. The molecule has 0 aliphatic carbocycles. The standard InChI is InChI=1S/C29H56O4/c1-24(2)18-16-22-32-28(30)21-15-13-11-9-7-8-10-12-14-20-26(5)27(6)29(31)33-23-17-19-25(3)4/h24-27H,7-23H2,1-6H3. The summed E-state index contributed by atoms with van der Waals surface area (Å²) in [6.45, 7) is 14.1. The fourth-order valence-corrected chi connectivity index (χ4v) is 4.00. The van der Waals surface area contributed by atoms with Crippen molar-refractivity contribution in [1.82, 2.24) is 0 Å². The van der Waals surface area contributed by atoms with Gasteiger partial charge in [0.25, 0.3) is 0 Å². The zero-order valence-electron chi connectivity index (χ0n) is 23.0. The topological polar surface area (TPSA) is 52.6 Å². The molecule has 0 bridgehead atoms. The van der Waals surface area contributed by atoms with Gasteiger partial charge in [0, 0.05) is 6.42 Å². The Morgan fingerprint density at radius 2 is 1.00 bits per heavy atom. The highest BCUT2D eigenvalue weighted by Gasteiger charge is 2.21. The number of unbranched alkanes of at least 4 members (excludes halogenated alkanes) is 8. The van der Waals surface area contributed by atoms with Gasteiger partial charge >= 0.3 is 11.9 Å². The second-order valence-corrected chi connectivity index (χ2v) is 10.9. The Hall–Kier alpha value is -1.06. The lowest BCUT2D eigenvalue weighted by molar-refractivity contribution is -0.150. The summed E-state index contributed by atoms with van der Waals surface area (Å²) >= 11 is 0. The van der Waals surface area contributed by atoms with E-state index in [4.69, 9.17) is 9.47 Å². The van der Waals surface area contributed by atoms with Crippen molar-refractivity contribution in [3.63, 3.8) is 0 Å². The molecule has 0 heterocycles. The maximum absolute atomic E-state index is 12.2.